The average Bonchev–Trinajstić information content (AvgIpc) is 1.99. The maximum absolute atomic E-state index is 11.6. The van der Waals surface area contributed by atoms with E-state index in [2.05, 4.69) is 10.3 Å². The number of hydrogen-bond acceptors (Lipinski definition) is 2. The van der Waals surface area contributed by atoms with Crippen LogP contribution in [0.25, 0.3) is 0 Å². The predicted molar refractivity (Wildman–Crippen MR) is 61.7 cm³/mol. The van der Waals surface area contributed by atoms with Crippen molar-refractivity contribution >= 4 is 11.7 Å². The summed E-state index contributed by atoms with van der Waals surface area (Å²) in [5.41, 5.74) is 1.10. The Hall–Kier alpha value is -1.38. The number of carbonyl (C=O) groups excluding carboxylic acids is 1. The van der Waals surface area contributed by atoms with Crippen LogP contribution in [0.1, 0.15) is 32.8 Å². The Morgan fingerprint density at radius 3 is 2.67 bits per heavy atom. The summed E-state index contributed by atoms with van der Waals surface area (Å²) in [7, 11) is 0. The van der Waals surface area contributed by atoms with Crippen LogP contribution in [0.4, 0.5) is 5.82 Å². The molecular formula is C12H18N2O. The normalized spacial score (nSPS) is 11.2. The third kappa shape index (κ3) is 4.58. The molecule has 1 heterocycles. The van der Waals surface area contributed by atoms with Gasteiger partial charge in [-0.15, -0.1) is 0 Å². The van der Waals surface area contributed by atoms with Gasteiger partial charge in [-0.2, -0.15) is 0 Å². The highest BCUT2D eigenvalue weighted by Gasteiger charge is 2.16. The van der Waals surface area contributed by atoms with E-state index in [0.717, 1.165) is 5.56 Å². The Bertz CT molecular complexity index is 353. The third-order valence-electron chi connectivity index (χ3n) is 1.87. The van der Waals surface area contributed by atoms with E-state index in [9.17, 15) is 4.79 Å². The molecule has 1 N–H and O–H groups in total. The highest BCUT2D eigenvalue weighted by molar-refractivity contribution is 5.90. The second-order valence-corrected chi connectivity index (χ2v) is 5.00. The van der Waals surface area contributed by atoms with Gasteiger partial charge in [-0.1, -0.05) is 20.8 Å². The molecule has 15 heavy (non-hydrogen) atoms. The molecule has 1 aromatic rings. The number of aromatic nitrogens is 1. The number of amides is 1. The summed E-state index contributed by atoms with van der Waals surface area (Å²) in [5, 5.41) is 2.79. The van der Waals surface area contributed by atoms with Crippen LogP contribution in [0.3, 0.4) is 0 Å². The zero-order chi connectivity index (χ0) is 11.5. The summed E-state index contributed by atoms with van der Waals surface area (Å²) < 4.78 is 0. The van der Waals surface area contributed by atoms with Crippen LogP contribution in [0, 0.1) is 12.3 Å². The van der Waals surface area contributed by atoms with Gasteiger partial charge in [-0.05, 0) is 30.0 Å². The fraction of sp³-hybridized carbons (Fsp3) is 0.500. The summed E-state index contributed by atoms with van der Waals surface area (Å²) >= 11 is 0. The summed E-state index contributed by atoms with van der Waals surface area (Å²) in [6, 6.07) is 3.76. The van der Waals surface area contributed by atoms with Gasteiger partial charge in [0.15, 0.2) is 0 Å². The molecule has 1 amide bonds. The Balaban J connectivity index is 2.59. The molecule has 1 rings (SSSR count). The second kappa shape index (κ2) is 4.43. The minimum Gasteiger partial charge on any atom is -0.311 e. The molecule has 0 spiro atoms. The van der Waals surface area contributed by atoms with Gasteiger partial charge in [0.2, 0.25) is 5.91 Å². The van der Waals surface area contributed by atoms with Crippen molar-refractivity contribution in [2.24, 2.45) is 5.41 Å². The number of rotatable bonds is 2. The first-order valence-corrected chi connectivity index (χ1v) is 5.09. The lowest BCUT2D eigenvalue weighted by atomic mass is 9.92. The highest BCUT2D eigenvalue weighted by atomic mass is 16.1. The molecule has 0 saturated carbocycles. The lowest BCUT2D eigenvalue weighted by molar-refractivity contribution is -0.117. The van der Waals surface area contributed by atoms with Crippen LogP contribution >= 0.6 is 0 Å². The van der Waals surface area contributed by atoms with Crippen molar-refractivity contribution in [2.45, 2.75) is 34.1 Å². The lowest BCUT2D eigenvalue weighted by Gasteiger charge is -2.16. The number of anilines is 1. The van der Waals surface area contributed by atoms with E-state index in [0.29, 0.717) is 12.2 Å². The molecular weight excluding hydrogens is 188 g/mol. The smallest absolute Gasteiger partial charge is 0.226 e. The third-order valence-corrected chi connectivity index (χ3v) is 1.87. The molecule has 1 aromatic heterocycles. The van der Waals surface area contributed by atoms with Crippen molar-refractivity contribution in [2.75, 3.05) is 5.32 Å². The number of nitrogens with zero attached hydrogens (tertiary/aromatic N) is 1. The van der Waals surface area contributed by atoms with E-state index in [1.165, 1.54) is 0 Å². The molecule has 0 radical (unpaired) electrons. The molecule has 0 saturated heterocycles. The van der Waals surface area contributed by atoms with Gasteiger partial charge < -0.3 is 5.32 Å². The van der Waals surface area contributed by atoms with Gasteiger partial charge in [-0.3, -0.25) is 4.79 Å². The predicted octanol–water partition coefficient (Wildman–Crippen LogP) is 2.76. The van der Waals surface area contributed by atoms with E-state index in [4.69, 9.17) is 0 Å². The lowest BCUT2D eigenvalue weighted by Crippen LogP contribution is -2.20. The number of carbonyl (C=O) groups is 1. The van der Waals surface area contributed by atoms with Gasteiger partial charge in [-0.25, -0.2) is 4.98 Å². The molecule has 0 fully saturated rings. The first kappa shape index (κ1) is 11.7. The van der Waals surface area contributed by atoms with Crippen molar-refractivity contribution in [1.82, 2.24) is 4.98 Å². The molecule has 3 nitrogen and oxygen atoms in total. The van der Waals surface area contributed by atoms with Gasteiger partial charge in [0.05, 0.1) is 0 Å². The summed E-state index contributed by atoms with van der Waals surface area (Å²) in [6.45, 7) is 8.09. The van der Waals surface area contributed by atoms with Crippen molar-refractivity contribution in [3.05, 3.63) is 23.9 Å². The molecule has 0 aliphatic carbocycles. The van der Waals surface area contributed by atoms with Crippen molar-refractivity contribution in [3.8, 4) is 0 Å². The topological polar surface area (TPSA) is 42.0 Å². The fourth-order valence-corrected chi connectivity index (χ4v) is 1.27. The standard InChI is InChI=1S/C12H18N2O/c1-9-5-6-13-10(7-9)14-11(15)8-12(2,3)4/h5-7H,8H2,1-4H3,(H,13,14,15). The van der Waals surface area contributed by atoms with Gasteiger partial charge in [0.25, 0.3) is 0 Å². The number of nitrogens with one attached hydrogen (secondary N) is 1. The minimum atomic E-state index is 0.00785. The molecule has 82 valence electrons. The van der Waals surface area contributed by atoms with Crippen LogP contribution in [0.5, 0.6) is 0 Å². The minimum absolute atomic E-state index is 0.00785. The van der Waals surface area contributed by atoms with E-state index < -0.39 is 0 Å². The molecule has 0 bridgehead atoms. The maximum atomic E-state index is 11.6. The second-order valence-electron chi connectivity index (χ2n) is 5.00. The largest absolute Gasteiger partial charge is 0.311 e. The Kier molecular flexibility index (Phi) is 3.45. The first-order chi connectivity index (χ1) is 6.87. The van der Waals surface area contributed by atoms with Crippen LogP contribution in [-0.4, -0.2) is 10.9 Å². The summed E-state index contributed by atoms with van der Waals surface area (Å²) in [6.07, 6.45) is 2.20. The van der Waals surface area contributed by atoms with Crippen molar-refractivity contribution in [3.63, 3.8) is 0 Å². The van der Waals surface area contributed by atoms with Crippen LogP contribution in [-0.2, 0) is 4.79 Å². The Morgan fingerprint density at radius 1 is 1.47 bits per heavy atom. The molecule has 3 heteroatoms. The molecule has 0 unspecified atom stereocenters. The van der Waals surface area contributed by atoms with Crippen LogP contribution in [0.15, 0.2) is 18.3 Å². The van der Waals surface area contributed by atoms with E-state index in [1.54, 1.807) is 6.20 Å². The van der Waals surface area contributed by atoms with Gasteiger partial charge >= 0.3 is 0 Å². The van der Waals surface area contributed by atoms with E-state index in [-0.39, 0.29) is 11.3 Å². The number of aryl methyl sites for hydroxylation is 1. The monoisotopic (exact) mass is 206 g/mol. The Labute approximate surface area is 90.9 Å². The van der Waals surface area contributed by atoms with Gasteiger partial charge in [0, 0.05) is 12.6 Å². The van der Waals surface area contributed by atoms with Crippen LogP contribution in [0.2, 0.25) is 0 Å². The first-order valence-electron chi connectivity index (χ1n) is 5.09. The number of pyridine rings is 1. The average molecular weight is 206 g/mol. The SMILES string of the molecule is Cc1ccnc(NC(=O)CC(C)(C)C)c1. The van der Waals surface area contributed by atoms with Gasteiger partial charge in [0.1, 0.15) is 5.82 Å². The van der Waals surface area contributed by atoms with Crippen LogP contribution < -0.4 is 5.32 Å². The zero-order valence-corrected chi connectivity index (χ0v) is 9.79. The number of hydrogen-bond donors (Lipinski definition) is 1. The Morgan fingerprint density at radius 2 is 2.13 bits per heavy atom. The molecule has 0 aromatic carbocycles. The summed E-state index contributed by atoms with van der Waals surface area (Å²) in [4.78, 5) is 15.7. The van der Waals surface area contributed by atoms with Crippen molar-refractivity contribution < 1.29 is 4.79 Å². The van der Waals surface area contributed by atoms with E-state index >= 15 is 0 Å². The molecule has 0 atom stereocenters. The molecule has 0 aliphatic rings. The fourth-order valence-electron chi connectivity index (χ4n) is 1.27. The highest BCUT2D eigenvalue weighted by Crippen LogP contribution is 2.19. The van der Waals surface area contributed by atoms with E-state index in [1.807, 2.05) is 39.8 Å². The quantitative estimate of drug-likeness (QED) is 0.808. The van der Waals surface area contributed by atoms with Crippen molar-refractivity contribution in [1.29, 1.82) is 0 Å². The summed E-state index contributed by atoms with van der Waals surface area (Å²) in [5.74, 6) is 0.643. The molecule has 0 aliphatic heterocycles. The maximum Gasteiger partial charge on any atom is 0.226 e. The zero-order valence-electron chi connectivity index (χ0n) is 9.79.